The van der Waals surface area contributed by atoms with Gasteiger partial charge < -0.3 is 15.1 Å². The van der Waals surface area contributed by atoms with E-state index in [-0.39, 0.29) is 11.9 Å². The van der Waals surface area contributed by atoms with Gasteiger partial charge in [0.15, 0.2) is 0 Å². The molecule has 4 unspecified atom stereocenters. The third-order valence-electron chi connectivity index (χ3n) is 4.54. The Kier molecular flexibility index (Phi) is 4.62. The molecule has 4 nitrogen and oxygen atoms in total. The van der Waals surface area contributed by atoms with E-state index in [0.29, 0.717) is 6.04 Å². The van der Waals surface area contributed by atoms with Crippen LogP contribution in [-0.2, 0) is 4.79 Å². The Morgan fingerprint density at radius 2 is 2.00 bits per heavy atom. The van der Waals surface area contributed by atoms with Gasteiger partial charge in [0.2, 0.25) is 5.91 Å². The summed E-state index contributed by atoms with van der Waals surface area (Å²) in [5.74, 6) is 1.01. The van der Waals surface area contributed by atoms with E-state index in [9.17, 15) is 4.79 Å². The summed E-state index contributed by atoms with van der Waals surface area (Å²) in [6, 6.07) is 0.500. The molecule has 1 amide bonds. The number of nitrogens with zero attached hydrogens (tertiary/aromatic N) is 2. The lowest BCUT2D eigenvalue weighted by Crippen LogP contribution is -2.52. The van der Waals surface area contributed by atoms with Gasteiger partial charge in [-0.05, 0) is 52.6 Å². The highest BCUT2D eigenvalue weighted by atomic mass is 16.2. The SMILES string of the molecule is CCN(CC)C(=O)C(C)NC1CCN2CCC1C2. The summed E-state index contributed by atoms with van der Waals surface area (Å²) in [6.07, 6.45) is 2.49. The number of nitrogens with one attached hydrogen (secondary N) is 1. The third-order valence-corrected chi connectivity index (χ3v) is 4.54. The Balaban J connectivity index is 1.86. The number of rotatable bonds is 5. The highest BCUT2D eigenvalue weighted by Gasteiger charge is 2.35. The highest BCUT2D eigenvalue weighted by molar-refractivity contribution is 5.81. The van der Waals surface area contributed by atoms with Gasteiger partial charge in [0.25, 0.3) is 0 Å². The zero-order valence-corrected chi connectivity index (χ0v) is 12.0. The number of likely N-dealkylation sites (N-methyl/N-ethyl adjacent to an activating group) is 1. The largest absolute Gasteiger partial charge is 0.342 e. The smallest absolute Gasteiger partial charge is 0.239 e. The maximum absolute atomic E-state index is 12.2. The Labute approximate surface area is 111 Å². The standard InChI is InChI=1S/C14H27N3O/c1-4-17(5-2)14(18)11(3)15-13-7-9-16-8-6-12(13)10-16/h11-13,15H,4-10H2,1-3H3. The topological polar surface area (TPSA) is 35.6 Å². The molecule has 2 aliphatic rings. The van der Waals surface area contributed by atoms with Crippen LogP contribution >= 0.6 is 0 Å². The number of carbonyl (C=O) groups is 1. The van der Waals surface area contributed by atoms with Gasteiger partial charge in [0.05, 0.1) is 6.04 Å². The van der Waals surface area contributed by atoms with Gasteiger partial charge >= 0.3 is 0 Å². The maximum Gasteiger partial charge on any atom is 0.239 e. The summed E-state index contributed by atoms with van der Waals surface area (Å²) >= 11 is 0. The molecule has 1 N–H and O–H groups in total. The first kappa shape index (κ1) is 13.8. The van der Waals surface area contributed by atoms with E-state index in [1.54, 1.807) is 0 Å². The first-order chi connectivity index (χ1) is 8.65. The van der Waals surface area contributed by atoms with Crippen molar-refractivity contribution in [3.63, 3.8) is 0 Å². The molecular formula is C14H27N3O. The molecule has 2 bridgehead atoms. The second-order valence-electron chi connectivity index (χ2n) is 5.64. The molecule has 104 valence electrons. The lowest BCUT2D eigenvalue weighted by Gasteiger charge is -2.34. The van der Waals surface area contributed by atoms with Crippen molar-refractivity contribution in [2.24, 2.45) is 5.92 Å². The van der Waals surface area contributed by atoms with Crippen LogP contribution in [0.1, 0.15) is 33.6 Å². The molecule has 2 heterocycles. The number of amides is 1. The van der Waals surface area contributed by atoms with E-state index < -0.39 is 0 Å². The van der Waals surface area contributed by atoms with Crippen LogP contribution in [0.3, 0.4) is 0 Å². The van der Waals surface area contributed by atoms with Crippen molar-refractivity contribution < 1.29 is 4.79 Å². The number of fused-ring (bicyclic) bond motifs is 2. The van der Waals surface area contributed by atoms with Crippen molar-refractivity contribution in [3.8, 4) is 0 Å². The minimum atomic E-state index is -0.0398. The van der Waals surface area contributed by atoms with Crippen molar-refractivity contribution in [2.75, 3.05) is 32.7 Å². The molecule has 2 fully saturated rings. The van der Waals surface area contributed by atoms with Crippen molar-refractivity contribution in [2.45, 2.75) is 45.7 Å². The van der Waals surface area contributed by atoms with E-state index in [0.717, 1.165) is 19.0 Å². The van der Waals surface area contributed by atoms with Gasteiger partial charge in [-0.1, -0.05) is 0 Å². The second kappa shape index (κ2) is 6.02. The van der Waals surface area contributed by atoms with Crippen LogP contribution in [0.4, 0.5) is 0 Å². The van der Waals surface area contributed by atoms with E-state index in [4.69, 9.17) is 0 Å². The molecule has 0 aromatic heterocycles. The summed E-state index contributed by atoms with van der Waals surface area (Å²) in [4.78, 5) is 16.7. The van der Waals surface area contributed by atoms with Gasteiger partial charge in [-0.2, -0.15) is 0 Å². The number of hydrogen-bond acceptors (Lipinski definition) is 3. The minimum Gasteiger partial charge on any atom is -0.342 e. The molecule has 4 atom stereocenters. The molecule has 2 saturated heterocycles. The fraction of sp³-hybridized carbons (Fsp3) is 0.929. The van der Waals surface area contributed by atoms with Gasteiger partial charge in [-0.25, -0.2) is 0 Å². The quantitative estimate of drug-likeness (QED) is 0.791. The third kappa shape index (κ3) is 2.86. The Hall–Kier alpha value is -0.610. The van der Waals surface area contributed by atoms with Crippen LogP contribution in [0.5, 0.6) is 0 Å². The van der Waals surface area contributed by atoms with Crippen molar-refractivity contribution in [1.29, 1.82) is 0 Å². The lowest BCUT2D eigenvalue weighted by atomic mass is 9.93. The van der Waals surface area contributed by atoms with Crippen LogP contribution in [0.25, 0.3) is 0 Å². The van der Waals surface area contributed by atoms with Crippen LogP contribution in [0.15, 0.2) is 0 Å². The normalized spacial score (nSPS) is 32.3. The lowest BCUT2D eigenvalue weighted by molar-refractivity contribution is -0.133. The molecule has 0 aliphatic carbocycles. The van der Waals surface area contributed by atoms with Crippen molar-refractivity contribution in [3.05, 3.63) is 0 Å². The van der Waals surface area contributed by atoms with Gasteiger partial charge in [-0.3, -0.25) is 4.79 Å². The molecule has 4 heteroatoms. The average molecular weight is 253 g/mol. The predicted molar refractivity (Wildman–Crippen MR) is 73.5 cm³/mol. The number of hydrogen-bond donors (Lipinski definition) is 1. The van der Waals surface area contributed by atoms with Gasteiger partial charge in [-0.15, -0.1) is 0 Å². The summed E-state index contributed by atoms with van der Waals surface area (Å²) in [7, 11) is 0. The molecule has 0 aromatic rings. The Morgan fingerprint density at radius 1 is 1.33 bits per heavy atom. The van der Waals surface area contributed by atoms with E-state index in [1.807, 2.05) is 25.7 Å². The summed E-state index contributed by atoms with van der Waals surface area (Å²) in [5.41, 5.74) is 0. The molecule has 2 aliphatic heterocycles. The zero-order chi connectivity index (χ0) is 13.1. The summed E-state index contributed by atoms with van der Waals surface area (Å²) in [5, 5.41) is 3.58. The first-order valence-corrected chi connectivity index (χ1v) is 7.42. The summed E-state index contributed by atoms with van der Waals surface area (Å²) in [6.45, 7) is 11.4. The van der Waals surface area contributed by atoms with E-state index in [1.165, 1.54) is 32.5 Å². The fourth-order valence-electron chi connectivity index (χ4n) is 3.37. The molecule has 18 heavy (non-hydrogen) atoms. The van der Waals surface area contributed by atoms with Gasteiger partial charge in [0.1, 0.15) is 0 Å². The zero-order valence-electron chi connectivity index (χ0n) is 12.0. The molecule has 2 rings (SSSR count). The Morgan fingerprint density at radius 3 is 2.67 bits per heavy atom. The average Bonchev–Trinajstić information content (AvgIpc) is 2.77. The van der Waals surface area contributed by atoms with Crippen molar-refractivity contribution in [1.82, 2.24) is 15.1 Å². The molecular weight excluding hydrogens is 226 g/mol. The van der Waals surface area contributed by atoms with Crippen LogP contribution < -0.4 is 5.32 Å². The van der Waals surface area contributed by atoms with Crippen LogP contribution in [-0.4, -0.2) is 60.5 Å². The molecule has 0 radical (unpaired) electrons. The predicted octanol–water partition coefficient (Wildman–Crippen LogP) is 0.927. The minimum absolute atomic E-state index is 0.0398. The monoisotopic (exact) mass is 253 g/mol. The molecule has 0 spiro atoms. The highest BCUT2D eigenvalue weighted by Crippen LogP contribution is 2.27. The Bertz CT molecular complexity index is 291. The fourth-order valence-corrected chi connectivity index (χ4v) is 3.37. The van der Waals surface area contributed by atoms with E-state index >= 15 is 0 Å². The first-order valence-electron chi connectivity index (χ1n) is 7.42. The molecule has 0 saturated carbocycles. The van der Waals surface area contributed by atoms with Crippen LogP contribution in [0, 0.1) is 5.92 Å². The number of carbonyl (C=O) groups excluding carboxylic acids is 1. The molecule has 0 aromatic carbocycles. The van der Waals surface area contributed by atoms with Crippen LogP contribution in [0.2, 0.25) is 0 Å². The number of piperidine rings is 1. The summed E-state index contributed by atoms with van der Waals surface area (Å²) < 4.78 is 0. The maximum atomic E-state index is 12.2. The van der Waals surface area contributed by atoms with E-state index in [2.05, 4.69) is 10.2 Å². The van der Waals surface area contributed by atoms with Gasteiger partial charge in [0, 0.05) is 25.7 Å². The second-order valence-corrected chi connectivity index (χ2v) is 5.64. The van der Waals surface area contributed by atoms with Crippen molar-refractivity contribution >= 4 is 5.91 Å².